The van der Waals surface area contributed by atoms with Crippen LogP contribution in [0.2, 0.25) is 0 Å². The molecule has 0 aromatic heterocycles. The predicted molar refractivity (Wildman–Crippen MR) is 79.0 cm³/mol. The van der Waals surface area contributed by atoms with Crippen LogP contribution < -0.4 is 5.32 Å². The molecular weight excluding hydrogens is 240 g/mol. The summed E-state index contributed by atoms with van der Waals surface area (Å²) in [5.41, 5.74) is 3.10. The predicted octanol–water partition coefficient (Wildman–Crippen LogP) is 3.81. The topological polar surface area (TPSA) is 35.8 Å². The Morgan fingerprint density at radius 3 is 2.89 bits per heavy atom. The van der Waals surface area contributed by atoms with Gasteiger partial charge in [0.15, 0.2) is 0 Å². The number of hydrogen-bond acceptors (Lipinski definition) is 3. The van der Waals surface area contributed by atoms with Crippen LogP contribution in [0.4, 0.5) is 5.69 Å². The maximum absolute atomic E-state index is 9.26. The minimum atomic E-state index is 0.293. The molecule has 0 amide bonds. The molecule has 18 heavy (non-hydrogen) atoms. The van der Waals surface area contributed by atoms with Crippen LogP contribution in [0.5, 0.6) is 0 Å². The van der Waals surface area contributed by atoms with Gasteiger partial charge in [-0.15, -0.1) is 0 Å². The summed E-state index contributed by atoms with van der Waals surface area (Å²) in [6.45, 7) is 6.61. The van der Waals surface area contributed by atoms with Gasteiger partial charge in [0, 0.05) is 11.8 Å². The fourth-order valence-electron chi connectivity index (χ4n) is 2.30. The van der Waals surface area contributed by atoms with Crippen molar-refractivity contribution in [2.45, 2.75) is 33.2 Å². The Balaban J connectivity index is 2.24. The average molecular weight is 260 g/mol. The van der Waals surface area contributed by atoms with E-state index >= 15 is 0 Å². The van der Waals surface area contributed by atoms with Crippen molar-refractivity contribution < 1.29 is 0 Å². The fourth-order valence-corrected chi connectivity index (χ4v) is 3.90. The molecule has 1 heterocycles. The SMILES string of the molecule is Cc1cccc(NC2CSCCC2(C)C)c1C#N. The number of aryl methyl sites for hydroxylation is 1. The van der Waals surface area contributed by atoms with Gasteiger partial charge in [-0.05, 0) is 36.1 Å². The van der Waals surface area contributed by atoms with Gasteiger partial charge in [-0.2, -0.15) is 17.0 Å². The van der Waals surface area contributed by atoms with E-state index in [1.54, 1.807) is 0 Å². The first-order chi connectivity index (χ1) is 8.54. The normalized spacial score (nSPS) is 22.2. The van der Waals surface area contributed by atoms with E-state index in [0.717, 1.165) is 22.6 Å². The van der Waals surface area contributed by atoms with Gasteiger partial charge in [-0.3, -0.25) is 0 Å². The van der Waals surface area contributed by atoms with Crippen LogP contribution in [0, 0.1) is 23.7 Å². The van der Waals surface area contributed by atoms with Crippen molar-refractivity contribution in [2.75, 3.05) is 16.8 Å². The minimum absolute atomic E-state index is 0.293. The number of hydrogen-bond donors (Lipinski definition) is 1. The van der Waals surface area contributed by atoms with E-state index in [4.69, 9.17) is 0 Å². The number of rotatable bonds is 2. The molecule has 0 spiro atoms. The lowest BCUT2D eigenvalue weighted by Crippen LogP contribution is -2.41. The van der Waals surface area contributed by atoms with Crippen LogP contribution in [0.1, 0.15) is 31.4 Å². The summed E-state index contributed by atoms with van der Waals surface area (Å²) in [4.78, 5) is 0. The van der Waals surface area contributed by atoms with Crippen molar-refractivity contribution in [3.8, 4) is 6.07 Å². The van der Waals surface area contributed by atoms with E-state index in [1.165, 1.54) is 12.2 Å². The maximum Gasteiger partial charge on any atom is 0.102 e. The number of nitrogens with one attached hydrogen (secondary N) is 1. The largest absolute Gasteiger partial charge is 0.380 e. The molecule has 1 fully saturated rings. The molecule has 1 aliphatic heterocycles. The molecule has 1 N–H and O–H groups in total. The first-order valence-corrected chi connectivity index (χ1v) is 7.54. The lowest BCUT2D eigenvalue weighted by molar-refractivity contribution is 0.305. The molecule has 1 aliphatic rings. The summed E-state index contributed by atoms with van der Waals surface area (Å²) in [5.74, 6) is 2.36. The highest BCUT2D eigenvalue weighted by atomic mass is 32.2. The summed E-state index contributed by atoms with van der Waals surface area (Å²) in [6, 6.07) is 8.77. The van der Waals surface area contributed by atoms with E-state index in [0.29, 0.717) is 11.5 Å². The first-order valence-electron chi connectivity index (χ1n) is 6.38. The Morgan fingerprint density at radius 1 is 1.44 bits per heavy atom. The van der Waals surface area contributed by atoms with Crippen molar-refractivity contribution in [2.24, 2.45) is 5.41 Å². The second kappa shape index (κ2) is 5.24. The number of benzene rings is 1. The van der Waals surface area contributed by atoms with Crippen LogP contribution in [0.3, 0.4) is 0 Å². The van der Waals surface area contributed by atoms with E-state index in [2.05, 4.69) is 25.2 Å². The van der Waals surface area contributed by atoms with Gasteiger partial charge in [0.1, 0.15) is 6.07 Å². The van der Waals surface area contributed by atoms with Crippen LogP contribution in [-0.4, -0.2) is 17.5 Å². The second-order valence-corrected chi connectivity index (χ2v) is 6.77. The van der Waals surface area contributed by atoms with Gasteiger partial charge in [0.2, 0.25) is 0 Å². The van der Waals surface area contributed by atoms with Gasteiger partial charge in [-0.25, -0.2) is 0 Å². The summed E-state index contributed by atoms with van der Waals surface area (Å²) in [6.07, 6.45) is 1.23. The van der Waals surface area contributed by atoms with E-state index in [9.17, 15) is 5.26 Å². The lowest BCUT2D eigenvalue weighted by Gasteiger charge is -2.39. The quantitative estimate of drug-likeness (QED) is 0.878. The molecule has 0 aliphatic carbocycles. The minimum Gasteiger partial charge on any atom is -0.380 e. The Hall–Kier alpha value is -1.14. The molecule has 96 valence electrons. The fraction of sp³-hybridized carbons (Fsp3) is 0.533. The van der Waals surface area contributed by atoms with Crippen LogP contribution in [-0.2, 0) is 0 Å². The molecule has 1 unspecified atom stereocenters. The monoisotopic (exact) mass is 260 g/mol. The number of thioether (sulfide) groups is 1. The highest BCUT2D eigenvalue weighted by Gasteiger charge is 2.32. The van der Waals surface area contributed by atoms with Crippen molar-refractivity contribution in [1.82, 2.24) is 0 Å². The summed E-state index contributed by atoms with van der Waals surface area (Å²) >= 11 is 2.00. The van der Waals surface area contributed by atoms with Crippen molar-refractivity contribution in [1.29, 1.82) is 5.26 Å². The Morgan fingerprint density at radius 2 is 2.22 bits per heavy atom. The van der Waals surface area contributed by atoms with Gasteiger partial charge in [0.05, 0.1) is 11.3 Å². The zero-order valence-electron chi connectivity index (χ0n) is 11.3. The number of nitrogens with zero attached hydrogens (tertiary/aromatic N) is 1. The van der Waals surface area contributed by atoms with Crippen molar-refractivity contribution >= 4 is 17.4 Å². The smallest absolute Gasteiger partial charge is 0.102 e. The first kappa shape index (κ1) is 13.3. The number of nitriles is 1. The Bertz CT molecular complexity index is 474. The molecular formula is C15H20N2S. The molecule has 1 aromatic carbocycles. The zero-order chi connectivity index (χ0) is 13.2. The zero-order valence-corrected chi connectivity index (χ0v) is 12.1. The van der Waals surface area contributed by atoms with Crippen LogP contribution in [0.25, 0.3) is 0 Å². The van der Waals surface area contributed by atoms with Crippen LogP contribution >= 0.6 is 11.8 Å². The molecule has 3 heteroatoms. The highest BCUT2D eigenvalue weighted by molar-refractivity contribution is 7.99. The van der Waals surface area contributed by atoms with Crippen molar-refractivity contribution in [3.05, 3.63) is 29.3 Å². The number of anilines is 1. The molecule has 1 saturated heterocycles. The molecule has 1 aromatic rings. The Kier molecular flexibility index (Phi) is 3.87. The van der Waals surface area contributed by atoms with E-state index in [1.807, 2.05) is 36.9 Å². The molecule has 2 nitrogen and oxygen atoms in total. The molecule has 0 saturated carbocycles. The third-order valence-electron chi connectivity index (χ3n) is 3.83. The van der Waals surface area contributed by atoms with Gasteiger partial charge in [0.25, 0.3) is 0 Å². The summed E-state index contributed by atoms with van der Waals surface area (Å²) in [5, 5.41) is 12.9. The Labute approximate surface area is 114 Å². The molecule has 0 bridgehead atoms. The lowest BCUT2D eigenvalue weighted by atomic mass is 9.82. The highest BCUT2D eigenvalue weighted by Crippen LogP contribution is 2.36. The van der Waals surface area contributed by atoms with Gasteiger partial charge >= 0.3 is 0 Å². The standard InChI is InChI=1S/C15H20N2S/c1-11-5-4-6-13(12(11)9-16)17-14-10-18-8-7-15(14,2)3/h4-6,14,17H,7-8,10H2,1-3H3. The maximum atomic E-state index is 9.26. The third kappa shape index (κ3) is 2.64. The van der Waals surface area contributed by atoms with E-state index < -0.39 is 0 Å². The third-order valence-corrected chi connectivity index (χ3v) is 4.89. The molecule has 1 atom stereocenters. The summed E-state index contributed by atoms with van der Waals surface area (Å²) in [7, 11) is 0. The van der Waals surface area contributed by atoms with Crippen LogP contribution in [0.15, 0.2) is 18.2 Å². The van der Waals surface area contributed by atoms with Gasteiger partial charge < -0.3 is 5.32 Å². The van der Waals surface area contributed by atoms with Gasteiger partial charge in [-0.1, -0.05) is 26.0 Å². The summed E-state index contributed by atoms with van der Waals surface area (Å²) < 4.78 is 0. The second-order valence-electron chi connectivity index (χ2n) is 5.62. The van der Waals surface area contributed by atoms with Crippen molar-refractivity contribution in [3.63, 3.8) is 0 Å². The molecule has 2 rings (SSSR count). The average Bonchev–Trinajstić information content (AvgIpc) is 2.32. The van der Waals surface area contributed by atoms with E-state index in [-0.39, 0.29) is 0 Å². The molecule has 0 radical (unpaired) electrons.